The summed E-state index contributed by atoms with van der Waals surface area (Å²) in [6.45, 7) is 0.344. The van der Waals surface area contributed by atoms with E-state index in [-0.39, 0.29) is 12.5 Å². The minimum absolute atomic E-state index is 0.249. The lowest BCUT2D eigenvalue weighted by molar-refractivity contribution is -0.143. The number of benzene rings is 1. The number of hydrogen-bond donors (Lipinski definition) is 1. The molecule has 0 saturated carbocycles. The highest BCUT2D eigenvalue weighted by molar-refractivity contribution is 9.10. The molecule has 128 valence electrons. The van der Waals surface area contributed by atoms with E-state index in [0.717, 1.165) is 29.3 Å². The fourth-order valence-corrected chi connectivity index (χ4v) is 2.92. The van der Waals surface area contributed by atoms with Crippen LogP contribution in [-0.4, -0.2) is 25.0 Å². The highest BCUT2D eigenvalue weighted by Crippen LogP contribution is 2.19. The zero-order valence-corrected chi connectivity index (χ0v) is 15.2. The number of esters is 1. The second-order valence-electron chi connectivity index (χ2n) is 5.70. The van der Waals surface area contributed by atoms with Gasteiger partial charge in [-0.2, -0.15) is 0 Å². The second kappa shape index (κ2) is 10.1. The molecule has 0 radical (unpaired) electrons. The van der Waals surface area contributed by atoms with Crippen LogP contribution in [0.4, 0.5) is 0 Å². The monoisotopic (exact) mass is 391 g/mol. The van der Waals surface area contributed by atoms with Crippen LogP contribution in [0.2, 0.25) is 0 Å². The maximum absolute atomic E-state index is 11.7. The van der Waals surface area contributed by atoms with Gasteiger partial charge in [-0.1, -0.05) is 39.7 Å². The van der Waals surface area contributed by atoms with Crippen molar-refractivity contribution in [2.24, 2.45) is 0 Å². The van der Waals surface area contributed by atoms with Gasteiger partial charge < -0.3 is 10.1 Å². The van der Waals surface area contributed by atoms with E-state index in [0.29, 0.717) is 6.54 Å². The lowest BCUT2D eigenvalue weighted by Gasteiger charge is -2.12. The molecule has 0 spiro atoms. The Morgan fingerprint density at radius 2 is 2.17 bits per heavy atom. The largest absolute Gasteiger partial charge is 0.452 e. The van der Waals surface area contributed by atoms with Crippen LogP contribution in [-0.2, 0) is 14.3 Å². The highest BCUT2D eigenvalue weighted by Gasteiger charge is 2.07. The number of allylic oxidation sites excluding steroid dienone is 1. The molecule has 0 unspecified atom stereocenters. The number of carbonyl (C=O) groups is 2. The molecule has 0 fully saturated rings. The van der Waals surface area contributed by atoms with E-state index in [1.807, 2.05) is 24.3 Å². The van der Waals surface area contributed by atoms with Crippen molar-refractivity contribution >= 4 is 33.9 Å². The fraction of sp³-hybridized carbons (Fsp3) is 0.368. The molecule has 0 heterocycles. The Bertz CT molecular complexity index is 637. The third-order valence-electron chi connectivity index (χ3n) is 3.76. The molecular weight excluding hydrogens is 370 g/mol. The lowest BCUT2D eigenvalue weighted by atomic mass is 9.97. The van der Waals surface area contributed by atoms with Crippen molar-refractivity contribution in [1.82, 2.24) is 5.32 Å². The van der Waals surface area contributed by atoms with E-state index in [2.05, 4.69) is 27.3 Å². The van der Waals surface area contributed by atoms with Crippen LogP contribution in [0.5, 0.6) is 0 Å². The molecule has 0 aliphatic heterocycles. The number of nitrogens with one attached hydrogen (secondary N) is 1. The maximum atomic E-state index is 11.7. The Balaban J connectivity index is 1.63. The summed E-state index contributed by atoms with van der Waals surface area (Å²) in [5, 5.41) is 2.78. The molecule has 1 aromatic carbocycles. The number of ether oxygens (including phenoxy) is 1. The van der Waals surface area contributed by atoms with Gasteiger partial charge in [-0.3, -0.25) is 4.79 Å². The Hall–Kier alpha value is -1.88. The molecule has 0 aromatic heterocycles. The molecule has 1 aliphatic carbocycles. The molecule has 0 saturated heterocycles. The molecule has 1 aliphatic rings. The highest BCUT2D eigenvalue weighted by atomic mass is 79.9. The normalized spacial score (nSPS) is 14.3. The number of carbonyl (C=O) groups excluding carboxylic acids is 2. The van der Waals surface area contributed by atoms with Crippen molar-refractivity contribution < 1.29 is 14.3 Å². The van der Waals surface area contributed by atoms with Gasteiger partial charge in [-0.15, -0.1) is 0 Å². The average molecular weight is 392 g/mol. The summed E-state index contributed by atoms with van der Waals surface area (Å²) in [6.07, 6.45) is 10.9. The van der Waals surface area contributed by atoms with Crippen LogP contribution in [0.15, 0.2) is 46.5 Å². The van der Waals surface area contributed by atoms with Gasteiger partial charge in [0.2, 0.25) is 0 Å². The van der Waals surface area contributed by atoms with Crippen molar-refractivity contribution in [1.29, 1.82) is 0 Å². The van der Waals surface area contributed by atoms with Crippen molar-refractivity contribution in [2.75, 3.05) is 13.2 Å². The Morgan fingerprint density at radius 3 is 2.92 bits per heavy atom. The predicted molar refractivity (Wildman–Crippen MR) is 98.3 cm³/mol. The molecule has 2 rings (SSSR count). The number of rotatable bonds is 7. The van der Waals surface area contributed by atoms with Crippen molar-refractivity contribution in [3.05, 3.63) is 52.0 Å². The predicted octanol–water partition coefficient (Wildman–Crippen LogP) is 4.01. The van der Waals surface area contributed by atoms with Gasteiger partial charge in [-0.25, -0.2) is 4.79 Å². The molecular formula is C19H22BrNO3. The molecule has 1 N–H and O–H groups in total. The number of hydrogen-bond acceptors (Lipinski definition) is 3. The topological polar surface area (TPSA) is 55.4 Å². The maximum Gasteiger partial charge on any atom is 0.331 e. The SMILES string of the molecule is O=C(COC(=O)C=Cc1cccc(Br)c1)NCCC1=CCCCC1. The first-order valence-corrected chi connectivity index (χ1v) is 8.98. The van der Waals surface area contributed by atoms with E-state index in [4.69, 9.17) is 4.74 Å². The van der Waals surface area contributed by atoms with E-state index in [1.165, 1.54) is 24.5 Å². The minimum Gasteiger partial charge on any atom is -0.452 e. The molecule has 24 heavy (non-hydrogen) atoms. The van der Waals surface area contributed by atoms with Gasteiger partial charge in [-0.05, 0) is 55.9 Å². The average Bonchev–Trinajstić information content (AvgIpc) is 2.59. The van der Waals surface area contributed by atoms with Crippen molar-refractivity contribution in [3.63, 3.8) is 0 Å². The van der Waals surface area contributed by atoms with Crippen LogP contribution in [0, 0.1) is 0 Å². The molecule has 1 amide bonds. The smallest absolute Gasteiger partial charge is 0.331 e. The summed E-state index contributed by atoms with van der Waals surface area (Å²) >= 11 is 3.36. The molecule has 0 atom stereocenters. The number of halogens is 1. The Morgan fingerprint density at radius 1 is 1.29 bits per heavy atom. The van der Waals surface area contributed by atoms with E-state index in [9.17, 15) is 9.59 Å². The van der Waals surface area contributed by atoms with Crippen LogP contribution >= 0.6 is 15.9 Å². The summed E-state index contributed by atoms with van der Waals surface area (Å²) < 4.78 is 5.87. The fourth-order valence-electron chi connectivity index (χ4n) is 2.50. The van der Waals surface area contributed by atoms with Gasteiger partial charge >= 0.3 is 5.97 Å². The molecule has 1 aromatic rings. The number of amides is 1. The summed E-state index contributed by atoms with van der Waals surface area (Å²) in [5.74, 6) is -0.796. The standard InChI is InChI=1S/C19H22BrNO3/c20-17-8-4-7-16(13-17)9-10-19(23)24-14-18(22)21-12-11-15-5-2-1-3-6-15/h4-5,7-10,13H,1-3,6,11-12,14H2,(H,21,22). The third-order valence-corrected chi connectivity index (χ3v) is 4.25. The summed E-state index contributed by atoms with van der Waals surface area (Å²) in [5.41, 5.74) is 2.29. The zero-order valence-electron chi connectivity index (χ0n) is 13.6. The first-order valence-electron chi connectivity index (χ1n) is 8.18. The van der Waals surface area contributed by atoms with Crippen molar-refractivity contribution in [2.45, 2.75) is 32.1 Å². The van der Waals surface area contributed by atoms with E-state index in [1.54, 1.807) is 6.08 Å². The van der Waals surface area contributed by atoms with Gasteiger partial charge in [0.25, 0.3) is 5.91 Å². The molecule has 0 bridgehead atoms. The van der Waals surface area contributed by atoms with Crippen LogP contribution in [0.25, 0.3) is 6.08 Å². The van der Waals surface area contributed by atoms with Crippen LogP contribution in [0.1, 0.15) is 37.7 Å². The summed E-state index contributed by atoms with van der Waals surface area (Å²) in [6, 6.07) is 7.55. The minimum atomic E-state index is -0.528. The first kappa shape index (κ1) is 18.5. The van der Waals surface area contributed by atoms with E-state index >= 15 is 0 Å². The van der Waals surface area contributed by atoms with E-state index < -0.39 is 5.97 Å². The van der Waals surface area contributed by atoms with Gasteiger partial charge in [0.1, 0.15) is 0 Å². The van der Waals surface area contributed by atoms with Crippen LogP contribution < -0.4 is 5.32 Å². The molecule has 4 nitrogen and oxygen atoms in total. The quantitative estimate of drug-likeness (QED) is 0.433. The lowest BCUT2D eigenvalue weighted by Crippen LogP contribution is -2.29. The van der Waals surface area contributed by atoms with Gasteiger partial charge in [0.15, 0.2) is 6.61 Å². The van der Waals surface area contributed by atoms with Crippen LogP contribution in [0.3, 0.4) is 0 Å². The molecule has 5 heteroatoms. The summed E-state index contributed by atoms with van der Waals surface area (Å²) in [4.78, 5) is 23.3. The Kier molecular flexibility index (Phi) is 7.75. The van der Waals surface area contributed by atoms with Gasteiger partial charge in [0, 0.05) is 17.1 Å². The Labute approximate surface area is 151 Å². The van der Waals surface area contributed by atoms with Crippen molar-refractivity contribution in [3.8, 4) is 0 Å². The second-order valence-corrected chi connectivity index (χ2v) is 6.62. The summed E-state index contributed by atoms with van der Waals surface area (Å²) in [7, 11) is 0. The van der Waals surface area contributed by atoms with Gasteiger partial charge in [0.05, 0.1) is 0 Å². The zero-order chi connectivity index (χ0) is 17.2. The third kappa shape index (κ3) is 7.13. The first-order chi connectivity index (χ1) is 11.6.